The van der Waals surface area contributed by atoms with Gasteiger partial charge in [0.1, 0.15) is 5.58 Å². The number of hydrogen-bond acceptors (Lipinski definition) is 2. The summed E-state index contributed by atoms with van der Waals surface area (Å²) in [5, 5.41) is 7.24. The van der Waals surface area contributed by atoms with Gasteiger partial charge in [-0.15, -0.1) is 0 Å². The van der Waals surface area contributed by atoms with Crippen molar-refractivity contribution in [1.29, 1.82) is 0 Å². The summed E-state index contributed by atoms with van der Waals surface area (Å²) in [7, 11) is 0. The molecular weight excluding hydrogens is 669 g/mol. The van der Waals surface area contributed by atoms with Crippen LogP contribution in [-0.2, 0) is 0 Å². The Hall–Kier alpha value is -7.36. The molecule has 0 saturated heterocycles. The lowest BCUT2D eigenvalue weighted by Gasteiger charge is -2.26. The van der Waals surface area contributed by atoms with Crippen LogP contribution in [0.4, 0.5) is 17.1 Å². The number of furan rings is 1. The second-order valence-electron chi connectivity index (χ2n) is 14.2. The minimum atomic E-state index is 0.868. The molecule has 258 valence electrons. The van der Waals surface area contributed by atoms with Gasteiger partial charge in [0.15, 0.2) is 5.58 Å². The van der Waals surface area contributed by atoms with Gasteiger partial charge in [-0.2, -0.15) is 0 Å². The summed E-state index contributed by atoms with van der Waals surface area (Å²) in [6.45, 7) is 0. The lowest BCUT2D eigenvalue weighted by molar-refractivity contribution is 0.669. The molecule has 0 aliphatic carbocycles. The van der Waals surface area contributed by atoms with E-state index in [1.165, 1.54) is 49.3 Å². The van der Waals surface area contributed by atoms with Crippen LogP contribution in [-0.4, -0.2) is 4.57 Å². The number of nitrogens with zero attached hydrogens (tertiary/aromatic N) is 2. The molecule has 0 N–H and O–H groups in total. The van der Waals surface area contributed by atoms with E-state index in [4.69, 9.17) is 4.42 Å². The van der Waals surface area contributed by atoms with Gasteiger partial charge in [0, 0.05) is 38.6 Å². The normalized spacial score (nSPS) is 11.6. The maximum Gasteiger partial charge on any atom is 0.159 e. The Bertz CT molecular complexity index is 3130. The predicted molar refractivity (Wildman–Crippen MR) is 231 cm³/mol. The van der Waals surface area contributed by atoms with Crippen molar-refractivity contribution >= 4 is 71.6 Å². The topological polar surface area (TPSA) is 21.3 Å². The average molecular weight is 703 g/mol. The summed E-state index contributed by atoms with van der Waals surface area (Å²) in [6.07, 6.45) is 0. The van der Waals surface area contributed by atoms with Crippen LogP contribution in [0.1, 0.15) is 0 Å². The molecule has 3 nitrogen and oxygen atoms in total. The van der Waals surface area contributed by atoms with Crippen LogP contribution < -0.4 is 4.90 Å². The van der Waals surface area contributed by atoms with Crippen LogP contribution in [0.2, 0.25) is 0 Å². The van der Waals surface area contributed by atoms with Gasteiger partial charge in [0.2, 0.25) is 0 Å². The Balaban J connectivity index is 0.982. The van der Waals surface area contributed by atoms with Crippen LogP contribution in [0.5, 0.6) is 0 Å². The summed E-state index contributed by atoms with van der Waals surface area (Å²) in [5.74, 6) is 0. The van der Waals surface area contributed by atoms with Gasteiger partial charge in [-0.1, -0.05) is 140 Å². The molecule has 55 heavy (non-hydrogen) atoms. The second-order valence-corrected chi connectivity index (χ2v) is 14.2. The highest BCUT2D eigenvalue weighted by Crippen LogP contribution is 2.43. The van der Waals surface area contributed by atoms with Gasteiger partial charge in [0.05, 0.1) is 16.7 Å². The van der Waals surface area contributed by atoms with Gasteiger partial charge >= 0.3 is 0 Å². The number of fused-ring (bicyclic) bond motifs is 7. The molecule has 0 fully saturated rings. The zero-order chi connectivity index (χ0) is 36.3. The van der Waals surface area contributed by atoms with E-state index in [-0.39, 0.29) is 0 Å². The Labute approximate surface area is 318 Å². The Morgan fingerprint density at radius 2 is 0.873 bits per heavy atom. The molecule has 11 aromatic rings. The smallest absolute Gasteiger partial charge is 0.159 e. The molecule has 0 amide bonds. The van der Waals surface area contributed by atoms with Gasteiger partial charge in [0.25, 0.3) is 0 Å². The monoisotopic (exact) mass is 702 g/mol. The first kappa shape index (κ1) is 31.2. The third-order valence-corrected chi connectivity index (χ3v) is 11.0. The Morgan fingerprint density at radius 3 is 1.55 bits per heavy atom. The third-order valence-electron chi connectivity index (χ3n) is 11.0. The maximum absolute atomic E-state index is 6.59. The van der Waals surface area contributed by atoms with Crippen LogP contribution in [0.15, 0.2) is 211 Å². The molecule has 3 heteroatoms. The largest absolute Gasteiger partial charge is 0.454 e. The summed E-state index contributed by atoms with van der Waals surface area (Å²) in [4.78, 5) is 2.31. The van der Waals surface area contributed by atoms with E-state index < -0.39 is 0 Å². The summed E-state index contributed by atoms with van der Waals surface area (Å²) in [6, 6.07) is 73.9. The van der Waals surface area contributed by atoms with Crippen molar-refractivity contribution in [3.8, 4) is 27.9 Å². The molecule has 2 aromatic heterocycles. The van der Waals surface area contributed by atoms with Crippen molar-refractivity contribution < 1.29 is 4.42 Å². The summed E-state index contributed by atoms with van der Waals surface area (Å²) < 4.78 is 8.95. The van der Waals surface area contributed by atoms with Crippen LogP contribution in [0.25, 0.3) is 82.5 Å². The molecule has 0 aliphatic heterocycles. The van der Waals surface area contributed by atoms with Gasteiger partial charge in [-0.25, -0.2) is 0 Å². The first-order chi connectivity index (χ1) is 27.3. The third kappa shape index (κ3) is 5.20. The first-order valence-corrected chi connectivity index (χ1v) is 18.8. The van der Waals surface area contributed by atoms with E-state index in [1.54, 1.807) is 0 Å². The zero-order valence-electron chi connectivity index (χ0n) is 29.9. The molecule has 0 atom stereocenters. The number of anilines is 3. The van der Waals surface area contributed by atoms with Gasteiger partial charge in [-0.3, -0.25) is 0 Å². The maximum atomic E-state index is 6.59. The highest BCUT2D eigenvalue weighted by Gasteiger charge is 2.20. The fourth-order valence-corrected chi connectivity index (χ4v) is 8.31. The Morgan fingerprint density at radius 1 is 0.364 bits per heavy atom. The fraction of sp³-hybridized carbons (Fsp3) is 0. The molecule has 0 aliphatic rings. The van der Waals surface area contributed by atoms with Gasteiger partial charge < -0.3 is 13.9 Å². The molecular formula is C52H34N2O. The number of hydrogen-bond donors (Lipinski definition) is 0. The molecule has 0 saturated carbocycles. The number of benzene rings is 9. The van der Waals surface area contributed by atoms with E-state index in [9.17, 15) is 0 Å². The first-order valence-electron chi connectivity index (χ1n) is 18.8. The second kappa shape index (κ2) is 12.6. The summed E-state index contributed by atoms with van der Waals surface area (Å²) in [5.41, 5.74) is 13.1. The summed E-state index contributed by atoms with van der Waals surface area (Å²) >= 11 is 0. The minimum absolute atomic E-state index is 0.868. The average Bonchev–Trinajstić information content (AvgIpc) is 3.81. The Kier molecular flexibility index (Phi) is 7.17. The van der Waals surface area contributed by atoms with E-state index in [0.29, 0.717) is 0 Å². The molecule has 0 bridgehead atoms. The van der Waals surface area contributed by atoms with Crippen LogP contribution >= 0.6 is 0 Å². The number of para-hydroxylation sites is 4. The molecule has 0 radical (unpaired) electrons. The molecule has 0 unspecified atom stereocenters. The van der Waals surface area contributed by atoms with E-state index >= 15 is 0 Å². The quantitative estimate of drug-likeness (QED) is 0.172. The fourth-order valence-electron chi connectivity index (χ4n) is 8.31. The van der Waals surface area contributed by atoms with E-state index in [0.717, 1.165) is 50.3 Å². The highest BCUT2D eigenvalue weighted by atomic mass is 16.3. The molecule has 11 rings (SSSR count). The molecule has 0 spiro atoms. The van der Waals surface area contributed by atoms with Crippen molar-refractivity contribution in [2.45, 2.75) is 0 Å². The predicted octanol–water partition coefficient (Wildman–Crippen LogP) is 14.6. The van der Waals surface area contributed by atoms with E-state index in [2.05, 4.69) is 204 Å². The zero-order valence-corrected chi connectivity index (χ0v) is 29.9. The molecule has 9 aromatic carbocycles. The number of aromatic nitrogens is 1. The van der Waals surface area contributed by atoms with Gasteiger partial charge in [-0.05, 0) is 99.8 Å². The van der Waals surface area contributed by atoms with Crippen molar-refractivity contribution in [3.63, 3.8) is 0 Å². The van der Waals surface area contributed by atoms with Crippen molar-refractivity contribution in [1.82, 2.24) is 4.57 Å². The lowest BCUT2D eigenvalue weighted by atomic mass is 10.0. The SMILES string of the molecule is c1ccc2cc(-c3ccc(N(c4ccc(-c5ccc(-n6c7ccccc7c7ccccc76)cc5)cc4)c4cccc5c4oc4ccccc45)cc3)ccc2c1. The molecule has 2 heterocycles. The van der Waals surface area contributed by atoms with Crippen LogP contribution in [0, 0.1) is 0 Å². The van der Waals surface area contributed by atoms with Crippen molar-refractivity contribution in [2.24, 2.45) is 0 Å². The van der Waals surface area contributed by atoms with Crippen LogP contribution in [0.3, 0.4) is 0 Å². The lowest BCUT2D eigenvalue weighted by Crippen LogP contribution is -2.10. The standard InChI is InChI=1S/C52H34N2O/c1-2-11-39-34-40(21-20-35(39)10-1)38-26-30-42(31-27-38)53(50-18-9-15-47-46-14-5-8-19-51(46)55-52(47)50)41-28-22-36(23-29-41)37-24-32-43(33-25-37)54-48-16-6-3-12-44(48)45-13-4-7-17-49(45)54/h1-34H. The highest BCUT2D eigenvalue weighted by molar-refractivity contribution is 6.11. The number of rotatable bonds is 6. The minimum Gasteiger partial charge on any atom is -0.454 e. The van der Waals surface area contributed by atoms with Crippen molar-refractivity contribution in [3.05, 3.63) is 206 Å². The van der Waals surface area contributed by atoms with E-state index in [1.807, 2.05) is 12.1 Å². The van der Waals surface area contributed by atoms with Crippen molar-refractivity contribution in [2.75, 3.05) is 4.90 Å².